The number of aryl methyl sites for hydroxylation is 1. The van der Waals surface area contributed by atoms with E-state index in [1.54, 1.807) is 27.7 Å². The number of aromatic amines is 1. The van der Waals surface area contributed by atoms with Crippen LogP contribution in [0.4, 0.5) is 5.00 Å². The third-order valence-corrected chi connectivity index (χ3v) is 6.87. The lowest BCUT2D eigenvalue weighted by molar-refractivity contribution is -0.119. The average Bonchev–Trinajstić information content (AvgIpc) is 3.28. The summed E-state index contributed by atoms with van der Waals surface area (Å²) in [5.41, 5.74) is 2.52. The maximum absolute atomic E-state index is 12.6. The summed E-state index contributed by atoms with van der Waals surface area (Å²) < 4.78 is 15.4. The normalized spacial score (nSPS) is 14.8. The van der Waals surface area contributed by atoms with Crippen molar-refractivity contribution in [2.75, 3.05) is 25.1 Å². The van der Waals surface area contributed by atoms with Crippen molar-refractivity contribution in [3.05, 3.63) is 38.5 Å². The second kappa shape index (κ2) is 10.9. The number of nitrogens with one attached hydrogen (secondary N) is 2. The first kappa shape index (κ1) is 25.5. The van der Waals surface area contributed by atoms with Crippen molar-refractivity contribution in [3.63, 3.8) is 0 Å². The van der Waals surface area contributed by atoms with Gasteiger partial charge >= 0.3 is 17.9 Å². The van der Waals surface area contributed by atoms with E-state index in [4.69, 9.17) is 14.2 Å². The minimum atomic E-state index is -0.734. The van der Waals surface area contributed by atoms with Crippen molar-refractivity contribution in [2.24, 2.45) is 5.92 Å². The molecule has 0 aliphatic heterocycles. The van der Waals surface area contributed by atoms with Crippen LogP contribution in [0.2, 0.25) is 0 Å². The van der Waals surface area contributed by atoms with Gasteiger partial charge in [0.05, 0.1) is 24.3 Å². The molecule has 3 rings (SSSR count). The van der Waals surface area contributed by atoms with Crippen molar-refractivity contribution in [3.8, 4) is 0 Å². The Morgan fingerprint density at radius 3 is 2.32 bits per heavy atom. The van der Waals surface area contributed by atoms with Gasteiger partial charge in [0.15, 0.2) is 6.61 Å². The van der Waals surface area contributed by atoms with Crippen molar-refractivity contribution in [1.29, 1.82) is 0 Å². The number of hydrogen-bond donors (Lipinski definition) is 2. The molecule has 1 unspecified atom stereocenters. The Morgan fingerprint density at radius 1 is 1.00 bits per heavy atom. The number of esters is 3. The molecule has 0 bridgehead atoms. The van der Waals surface area contributed by atoms with Gasteiger partial charge in [0.2, 0.25) is 0 Å². The number of carbonyl (C=O) groups excluding carboxylic acids is 4. The molecule has 0 aromatic carbocycles. The van der Waals surface area contributed by atoms with E-state index in [0.29, 0.717) is 27.7 Å². The second-order valence-corrected chi connectivity index (χ2v) is 9.35. The standard InChI is InChI=1S/C24H30N2O7S/c1-6-31-23(29)19-15-9-8-12(3)10-16(15)34-21(19)26-17(27)11-33-22(28)18-13(4)20(25-14(18)5)24(30)32-7-2/h12,25H,6-11H2,1-5H3,(H,26,27). The smallest absolute Gasteiger partial charge is 0.355 e. The van der Waals surface area contributed by atoms with Crippen molar-refractivity contribution in [2.45, 2.75) is 53.9 Å². The predicted octanol–water partition coefficient (Wildman–Crippen LogP) is 3.97. The van der Waals surface area contributed by atoms with Crippen LogP contribution in [0.15, 0.2) is 0 Å². The van der Waals surface area contributed by atoms with Crippen molar-refractivity contribution in [1.82, 2.24) is 4.98 Å². The van der Waals surface area contributed by atoms with Gasteiger partial charge in [-0.2, -0.15) is 0 Å². The van der Waals surface area contributed by atoms with Crippen LogP contribution >= 0.6 is 11.3 Å². The molecule has 184 valence electrons. The number of fused-ring (bicyclic) bond motifs is 1. The lowest BCUT2D eigenvalue weighted by Gasteiger charge is -2.18. The fraction of sp³-hybridized carbons (Fsp3) is 0.500. The van der Waals surface area contributed by atoms with Crippen LogP contribution in [-0.4, -0.2) is 48.6 Å². The summed E-state index contributed by atoms with van der Waals surface area (Å²) in [5.74, 6) is -1.84. The number of thiophene rings is 1. The average molecular weight is 491 g/mol. The molecule has 34 heavy (non-hydrogen) atoms. The molecular formula is C24H30N2O7S. The van der Waals surface area contributed by atoms with Crippen LogP contribution < -0.4 is 5.32 Å². The van der Waals surface area contributed by atoms with Crippen LogP contribution in [-0.2, 0) is 31.8 Å². The summed E-state index contributed by atoms with van der Waals surface area (Å²) >= 11 is 1.37. The lowest BCUT2D eigenvalue weighted by Crippen LogP contribution is -2.22. The summed E-state index contributed by atoms with van der Waals surface area (Å²) in [7, 11) is 0. The molecule has 2 heterocycles. The molecule has 2 aromatic heterocycles. The Bertz CT molecular complexity index is 1120. The summed E-state index contributed by atoms with van der Waals surface area (Å²) in [6, 6.07) is 0. The number of aromatic nitrogens is 1. The van der Waals surface area contributed by atoms with Crippen LogP contribution in [0.5, 0.6) is 0 Å². The van der Waals surface area contributed by atoms with E-state index in [-0.39, 0.29) is 24.5 Å². The first-order valence-corrected chi connectivity index (χ1v) is 12.1. The van der Waals surface area contributed by atoms with Gasteiger partial charge in [-0.1, -0.05) is 6.92 Å². The molecule has 1 aliphatic rings. The van der Waals surface area contributed by atoms with Gasteiger partial charge in [0.1, 0.15) is 10.7 Å². The monoisotopic (exact) mass is 490 g/mol. The van der Waals surface area contributed by atoms with Gasteiger partial charge in [0, 0.05) is 10.6 Å². The maximum Gasteiger partial charge on any atom is 0.355 e. The summed E-state index contributed by atoms with van der Waals surface area (Å²) in [5, 5.41) is 3.13. The number of amides is 1. The zero-order valence-corrected chi connectivity index (χ0v) is 20.9. The summed E-state index contributed by atoms with van der Waals surface area (Å²) in [6.45, 7) is 8.71. The van der Waals surface area contributed by atoms with Crippen LogP contribution in [0.1, 0.15) is 80.1 Å². The molecule has 1 atom stereocenters. The van der Waals surface area contributed by atoms with Crippen molar-refractivity contribution < 1.29 is 33.4 Å². The number of hydrogen-bond acceptors (Lipinski definition) is 8. The van der Waals surface area contributed by atoms with Gasteiger partial charge in [0.25, 0.3) is 5.91 Å². The minimum Gasteiger partial charge on any atom is -0.462 e. The summed E-state index contributed by atoms with van der Waals surface area (Å²) in [4.78, 5) is 53.8. The highest BCUT2D eigenvalue weighted by Gasteiger charge is 2.30. The molecule has 0 spiro atoms. The molecule has 0 fully saturated rings. The highest BCUT2D eigenvalue weighted by atomic mass is 32.1. The molecule has 2 N–H and O–H groups in total. The number of anilines is 1. The van der Waals surface area contributed by atoms with Gasteiger partial charge in [-0.05, 0) is 64.0 Å². The van der Waals surface area contributed by atoms with Crippen LogP contribution in [0.3, 0.4) is 0 Å². The highest BCUT2D eigenvalue weighted by Crippen LogP contribution is 2.40. The molecular weight excluding hydrogens is 460 g/mol. The van der Waals surface area contributed by atoms with E-state index >= 15 is 0 Å². The molecule has 0 saturated heterocycles. The van der Waals surface area contributed by atoms with E-state index < -0.39 is 30.4 Å². The number of H-pyrrole nitrogens is 1. The van der Waals surface area contributed by atoms with Gasteiger partial charge in [-0.25, -0.2) is 14.4 Å². The van der Waals surface area contributed by atoms with Crippen molar-refractivity contribution >= 4 is 40.2 Å². The Morgan fingerprint density at radius 2 is 1.65 bits per heavy atom. The van der Waals surface area contributed by atoms with Gasteiger partial charge in [-0.3, -0.25) is 4.79 Å². The highest BCUT2D eigenvalue weighted by molar-refractivity contribution is 7.17. The first-order valence-electron chi connectivity index (χ1n) is 11.3. The topological polar surface area (TPSA) is 124 Å². The number of ether oxygens (including phenoxy) is 3. The van der Waals surface area contributed by atoms with E-state index in [9.17, 15) is 19.2 Å². The van der Waals surface area contributed by atoms with E-state index in [2.05, 4.69) is 17.2 Å². The molecule has 0 radical (unpaired) electrons. The fourth-order valence-electron chi connectivity index (χ4n) is 4.09. The Kier molecular flexibility index (Phi) is 8.14. The third kappa shape index (κ3) is 5.32. The summed E-state index contributed by atoms with van der Waals surface area (Å²) in [6.07, 6.45) is 2.55. The molecule has 9 nitrogen and oxygen atoms in total. The minimum absolute atomic E-state index is 0.174. The maximum atomic E-state index is 12.6. The SMILES string of the molecule is CCOC(=O)c1[nH]c(C)c(C(=O)OCC(=O)Nc2sc3c(c2C(=O)OCC)CCC(C)C3)c1C. The predicted molar refractivity (Wildman–Crippen MR) is 127 cm³/mol. The third-order valence-electron chi connectivity index (χ3n) is 5.70. The molecule has 1 amide bonds. The zero-order chi connectivity index (χ0) is 25.0. The van der Waals surface area contributed by atoms with Crippen LogP contribution in [0, 0.1) is 19.8 Å². The van der Waals surface area contributed by atoms with Crippen LogP contribution in [0.25, 0.3) is 0 Å². The van der Waals surface area contributed by atoms with Gasteiger partial charge in [-0.15, -0.1) is 11.3 Å². The Hall–Kier alpha value is -3.14. The molecule has 10 heteroatoms. The van der Waals surface area contributed by atoms with E-state index in [1.807, 2.05) is 0 Å². The zero-order valence-electron chi connectivity index (χ0n) is 20.1. The largest absolute Gasteiger partial charge is 0.462 e. The van der Waals surface area contributed by atoms with Gasteiger partial charge < -0.3 is 24.5 Å². The Balaban J connectivity index is 1.72. The fourth-order valence-corrected chi connectivity index (χ4v) is 5.50. The number of carbonyl (C=O) groups is 4. The molecule has 2 aromatic rings. The quantitative estimate of drug-likeness (QED) is 0.424. The first-order chi connectivity index (χ1) is 16.2. The van der Waals surface area contributed by atoms with E-state index in [0.717, 1.165) is 29.7 Å². The second-order valence-electron chi connectivity index (χ2n) is 8.25. The number of rotatable bonds is 8. The molecule has 1 aliphatic carbocycles. The lowest BCUT2D eigenvalue weighted by atomic mass is 9.88. The van der Waals surface area contributed by atoms with E-state index in [1.165, 1.54) is 11.3 Å². The Labute approximate surface area is 202 Å². The molecule has 0 saturated carbocycles.